The summed E-state index contributed by atoms with van der Waals surface area (Å²) in [6.45, 7) is 1.64. The van der Waals surface area contributed by atoms with Gasteiger partial charge in [-0.2, -0.15) is 0 Å². The first-order valence-electron chi connectivity index (χ1n) is 6.77. The molecule has 0 atom stereocenters. The third-order valence-corrected chi connectivity index (χ3v) is 3.65. The Balaban J connectivity index is 2.13. The van der Waals surface area contributed by atoms with Gasteiger partial charge in [0.05, 0.1) is 11.3 Å². The topological polar surface area (TPSA) is 81.7 Å². The highest BCUT2D eigenvalue weighted by Gasteiger charge is 2.24. The Morgan fingerprint density at radius 2 is 2.05 bits per heavy atom. The Hall–Kier alpha value is -2.15. The molecule has 0 spiro atoms. The maximum atomic E-state index is 13.8. The third kappa shape index (κ3) is 3.49. The number of para-hydroxylation sites is 1. The zero-order valence-electron chi connectivity index (χ0n) is 11.7. The number of aromatic carboxylic acids is 1. The highest BCUT2D eigenvalue weighted by Crippen LogP contribution is 2.21. The monoisotopic (exact) mass is 295 g/mol. The van der Waals surface area contributed by atoms with Gasteiger partial charge < -0.3 is 20.6 Å². The standard InChI is InChI=1S/C14H18FN3O3/c1-18(9-5-7-16-8-6-9)14(21)17-12-10(13(19)20)3-2-4-11(12)15/h2-4,9,16H,5-8H2,1H3,(H,17,21)(H,19,20). The lowest BCUT2D eigenvalue weighted by Gasteiger charge is -2.31. The predicted molar refractivity (Wildman–Crippen MR) is 76.0 cm³/mol. The highest BCUT2D eigenvalue weighted by molar-refractivity contribution is 6.00. The fourth-order valence-corrected chi connectivity index (χ4v) is 2.38. The molecule has 21 heavy (non-hydrogen) atoms. The summed E-state index contributed by atoms with van der Waals surface area (Å²) in [6, 6.07) is 3.23. The Labute approximate surface area is 121 Å². The number of hydrogen-bond donors (Lipinski definition) is 3. The largest absolute Gasteiger partial charge is 0.478 e. The van der Waals surface area contributed by atoms with E-state index >= 15 is 0 Å². The number of carboxylic acid groups (broad SMARTS) is 1. The van der Waals surface area contributed by atoms with E-state index in [1.807, 2.05) is 0 Å². The normalized spacial score (nSPS) is 15.5. The molecule has 2 amide bonds. The minimum Gasteiger partial charge on any atom is -0.478 e. The maximum Gasteiger partial charge on any atom is 0.337 e. The van der Waals surface area contributed by atoms with Crippen LogP contribution in [0.4, 0.5) is 14.9 Å². The zero-order chi connectivity index (χ0) is 15.4. The summed E-state index contributed by atoms with van der Waals surface area (Å²) in [5, 5.41) is 14.6. The second-order valence-corrected chi connectivity index (χ2v) is 4.99. The summed E-state index contributed by atoms with van der Waals surface area (Å²) >= 11 is 0. The molecule has 1 aromatic rings. The number of piperidine rings is 1. The first kappa shape index (κ1) is 15.2. The van der Waals surface area contributed by atoms with Crippen molar-refractivity contribution in [1.82, 2.24) is 10.2 Å². The zero-order valence-corrected chi connectivity index (χ0v) is 11.7. The van der Waals surface area contributed by atoms with Crippen molar-refractivity contribution < 1.29 is 19.1 Å². The fourth-order valence-electron chi connectivity index (χ4n) is 2.38. The van der Waals surface area contributed by atoms with E-state index in [-0.39, 0.29) is 17.3 Å². The Morgan fingerprint density at radius 3 is 2.67 bits per heavy atom. The summed E-state index contributed by atoms with van der Waals surface area (Å²) < 4.78 is 13.8. The number of benzene rings is 1. The quantitative estimate of drug-likeness (QED) is 0.793. The van der Waals surface area contributed by atoms with E-state index in [0.29, 0.717) is 0 Å². The molecule has 0 aliphatic carbocycles. The molecule has 3 N–H and O–H groups in total. The molecule has 1 heterocycles. The van der Waals surface area contributed by atoms with Gasteiger partial charge in [-0.1, -0.05) is 6.07 Å². The molecule has 2 rings (SSSR count). The van der Waals surface area contributed by atoms with Gasteiger partial charge in [-0.3, -0.25) is 0 Å². The van der Waals surface area contributed by atoms with Crippen LogP contribution in [0.1, 0.15) is 23.2 Å². The molecular weight excluding hydrogens is 277 g/mol. The Kier molecular flexibility index (Phi) is 4.74. The molecule has 6 nitrogen and oxygen atoms in total. The molecule has 114 valence electrons. The van der Waals surface area contributed by atoms with Gasteiger partial charge in [0.15, 0.2) is 0 Å². The molecular formula is C14H18FN3O3. The highest BCUT2D eigenvalue weighted by atomic mass is 19.1. The van der Waals surface area contributed by atoms with Gasteiger partial charge in [-0.05, 0) is 38.1 Å². The van der Waals surface area contributed by atoms with Crippen LogP contribution < -0.4 is 10.6 Å². The molecule has 0 saturated carbocycles. The Bertz CT molecular complexity index is 544. The van der Waals surface area contributed by atoms with Crippen LogP contribution >= 0.6 is 0 Å². The molecule has 7 heteroatoms. The number of anilines is 1. The maximum absolute atomic E-state index is 13.8. The summed E-state index contributed by atoms with van der Waals surface area (Å²) in [7, 11) is 1.63. The van der Waals surface area contributed by atoms with Crippen molar-refractivity contribution in [3.05, 3.63) is 29.6 Å². The van der Waals surface area contributed by atoms with Crippen LogP contribution in [0, 0.1) is 5.82 Å². The molecule has 0 unspecified atom stereocenters. The van der Waals surface area contributed by atoms with Gasteiger partial charge >= 0.3 is 12.0 Å². The van der Waals surface area contributed by atoms with Crippen molar-refractivity contribution in [3.8, 4) is 0 Å². The first-order chi connectivity index (χ1) is 10.0. The summed E-state index contributed by atoms with van der Waals surface area (Å²) in [6.07, 6.45) is 1.62. The van der Waals surface area contributed by atoms with Crippen molar-refractivity contribution >= 4 is 17.7 Å². The summed E-state index contributed by atoms with van der Waals surface area (Å²) in [4.78, 5) is 24.8. The number of nitrogens with one attached hydrogen (secondary N) is 2. The number of halogens is 1. The van der Waals surface area contributed by atoms with Crippen molar-refractivity contribution in [1.29, 1.82) is 0 Å². The van der Waals surface area contributed by atoms with E-state index in [0.717, 1.165) is 32.0 Å². The van der Waals surface area contributed by atoms with E-state index in [2.05, 4.69) is 10.6 Å². The number of carboxylic acids is 1. The van der Waals surface area contributed by atoms with Crippen molar-refractivity contribution in [2.45, 2.75) is 18.9 Å². The Morgan fingerprint density at radius 1 is 1.38 bits per heavy atom. The van der Waals surface area contributed by atoms with Gasteiger partial charge in [-0.25, -0.2) is 14.0 Å². The van der Waals surface area contributed by atoms with Gasteiger partial charge in [0.1, 0.15) is 5.82 Å². The SMILES string of the molecule is CN(C(=O)Nc1c(F)cccc1C(=O)O)C1CCNCC1. The lowest BCUT2D eigenvalue weighted by molar-refractivity contribution is 0.0697. The molecule has 1 saturated heterocycles. The minimum atomic E-state index is -1.28. The van der Waals surface area contributed by atoms with Crippen molar-refractivity contribution in [2.24, 2.45) is 0 Å². The number of urea groups is 1. The van der Waals surface area contributed by atoms with E-state index in [4.69, 9.17) is 5.11 Å². The van der Waals surface area contributed by atoms with E-state index in [1.54, 1.807) is 7.05 Å². The van der Waals surface area contributed by atoms with Gasteiger partial charge in [0.2, 0.25) is 0 Å². The summed E-state index contributed by atoms with van der Waals surface area (Å²) in [5.74, 6) is -2.05. The van der Waals surface area contributed by atoms with Crippen LogP contribution in [0.25, 0.3) is 0 Å². The van der Waals surface area contributed by atoms with E-state index < -0.39 is 17.8 Å². The fraction of sp³-hybridized carbons (Fsp3) is 0.429. The van der Waals surface area contributed by atoms with Gasteiger partial charge in [0, 0.05) is 13.1 Å². The number of amides is 2. The lowest BCUT2D eigenvalue weighted by Crippen LogP contribution is -2.45. The number of carbonyl (C=O) groups is 2. The van der Waals surface area contributed by atoms with Crippen LogP contribution in [-0.2, 0) is 0 Å². The number of nitrogens with zero attached hydrogens (tertiary/aromatic N) is 1. The number of carbonyl (C=O) groups excluding carboxylic acids is 1. The van der Waals surface area contributed by atoms with E-state index in [1.165, 1.54) is 17.0 Å². The lowest BCUT2D eigenvalue weighted by atomic mass is 10.1. The molecule has 0 radical (unpaired) electrons. The first-order valence-corrected chi connectivity index (χ1v) is 6.77. The molecule has 1 fully saturated rings. The van der Waals surface area contributed by atoms with E-state index in [9.17, 15) is 14.0 Å². The average molecular weight is 295 g/mol. The van der Waals surface area contributed by atoms with Gasteiger partial charge in [0.25, 0.3) is 0 Å². The van der Waals surface area contributed by atoms with Crippen LogP contribution in [0.2, 0.25) is 0 Å². The molecule has 1 aromatic carbocycles. The second-order valence-electron chi connectivity index (χ2n) is 4.99. The van der Waals surface area contributed by atoms with Gasteiger partial charge in [-0.15, -0.1) is 0 Å². The molecule has 1 aliphatic rings. The number of hydrogen-bond acceptors (Lipinski definition) is 3. The van der Waals surface area contributed by atoms with Crippen LogP contribution in [0.5, 0.6) is 0 Å². The number of rotatable bonds is 3. The van der Waals surface area contributed by atoms with Crippen molar-refractivity contribution in [3.63, 3.8) is 0 Å². The smallest absolute Gasteiger partial charge is 0.337 e. The van der Waals surface area contributed by atoms with Crippen LogP contribution in [0.15, 0.2) is 18.2 Å². The average Bonchev–Trinajstić information content (AvgIpc) is 2.49. The van der Waals surface area contributed by atoms with Crippen LogP contribution in [-0.4, -0.2) is 48.2 Å². The third-order valence-electron chi connectivity index (χ3n) is 3.65. The van der Waals surface area contributed by atoms with Crippen molar-refractivity contribution in [2.75, 3.05) is 25.5 Å². The predicted octanol–water partition coefficient (Wildman–Crippen LogP) is 1.74. The molecule has 1 aliphatic heterocycles. The van der Waals surface area contributed by atoms with Crippen LogP contribution in [0.3, 0.4) is 0 Å². The minimum absolute atomic E-state index is 0.0614. The summed E-state index contributed by atoms with van der Waals surface area (Å²) in [5.41, 5.74) is -0.558. The molecule has 0 aromatic heterocycles. The molecule has 0 bridgehead atoms. The second kappa shape index (κ2) is 6.53.